The Morgan fingerprint density at radius 1 is 0.958 bits per heavy atom. The Labute approximate surface area is 139 Å². The number of methoxy groups -OCH3 is 2. The minimum Gasteiger partial charge on any atom is -0.493 e. The summed E-state index contributed by atoms with van der Waals surface area (Å²) in [6, 6.07) is 11.4. The Morgan fingerprint density at radius 2 is 1.79 bits per heavy atom. The summed E-state index contributed by atoms with van der Waals surface area (Å²) in [6.45, 7) is 0.820. The lowest BCUT2D eigenvalue weighted by atomic mass is 10.1. The van der Waals surface area contributed by atoms with E-state index in [1.807, 2.05) is 36.4 Å². The largest absolute Gasteiger partial charge is 0.493 e. The Kier molecular flexibility index (Phi) is 3.65. The van der Waals surface area contributed by atoms with Gasteiger partial charge >= 0.3 is 0 Å². The number of nitrogens with zero attached hydrogens (tertiary/aromatic N) is 1. The third-order valence-electron chi connectivity index (χ3n) is 4.05. The lowest BCUT2D eigenvalue weighted by Crippen LogP contribution is -2.06. The SMILES string of the molecule is COc1ccc(C2=NCC(c3ccc4c(c3)OCO4)O2)cc1OC. The molecule has 2 aliphatic heterocycles. The molecule has 0 saturated carbocycles. The van der Waals surface area contributed by atoms with Gasteiger partial charge in [-0.05, 0) is 35.9 Å². The Hall–Kier alpha value is -2.89. The number of rotatable bonds is 4. The van der Waals surface area contributed by atoms with Crippen LogP contribution in [0.5, 0.6) is 23.0 Å². The van der Waals surface area contributed by atoms with Gasteiger partial charge in [0.1, 0.15) is 6.10 Å². The van der Waals surface area contributed by atoms with Crippen LogP contribution in [0.4, 0.5) is 0 Å². The Balaban J connectivity index is 1.54. The van der Waals surface area contributed by atoms with Gasteiger partial charge in [0.15, 0.2) is 23.0 Å². The molecule has 0 fully saturated rings. The summed E-state index contributed by atoms with van der Waals surface area (Å²) in [5, 5.41) is 0. The summed E-state index contributed by atoms with van der Waals surface area (Å²) in [4.78, 5) is 4.51. The number of hydrogen-bond donors (Lipinski definition) is 0. The molecule has 0 radical (unpaired) electrons. The van der Waals surface area contributed by atoms with Gasteiger partial charge in [-0.2, -0.15) is 0 Å². The number of benzene rings is 2. The number of aliphatic imine (C=N–C) groups is 1. The van der Waals surface area contributed by atoms with Gasteiger partial charge in [-0.25, -0.2) is 4.99 Å². The highest BCUT2D eigenvalue weighted by atomic mass is 16.7. The van der Waals surface area contributed by atoms with E-state index in [9.17, 15) is 0 Å². The first-order valence-electron chi connectivity index (χ1n) is 7.61. The van der Waals surface area contributed by atoms with Crippen molar-refractivity contribution in [2.75, 3.05) is 27.6 Å². The molecule has 124 valence electrons. The standard InChI is InChI=1S/C18H17NO5/c1-20-13-5-4-12(8-15(13)21-2)18-19-9-17(24-18)11-3-6-14-16(7-11)23-10-22-14/h3-8,17H,9-10H2,1-2H3. The second kappa shape index (κ2) is 5.96. The number of fused-ring (bicyclic) bond motifs is 1. The summed E-state index contributed by atoms with van der Waals surface area (Å²) in [7, 11) is 3.21. The van der Waals surface area contributed by atoms with Crippen molar-refractivity contribution in [2.24, 2.45) is 4.99 Å². The second-order valence-electron chi connectivity index (χ2n) is 5.43. The van der Waals surface area contributed by atoms with Gasteiger partial charge < -0.3 is 23.7 Å². The number of ether oxygens (including phenoxy) is 5. The number of hydrogen-bond acceptors (Lipinski definition) is 6. The molecule has 1 atom stereocenters. The summed E-state index contributed by atoms with van der Waals surface area (Å²) in [5.74, 6) is 3.42. The fourth-order valence-corrected chi connectivity index (χ4v) is 2.79. The molecule has 2 aromatic carbocycles. The highest BCUT2D eigenvalue weighted by Crippen LogP contribution is 2.37. The van der Waals surface area contributed by atoms with Crippen LogP contribution in [0.2, 0.25) is 0 Å². The minimum atomic E-state index is -0.136. The summed E-state index contributed by atoms with van der Waals surface area (Å²) in [5.41, 5.74) is 1.87. The fraction of sp³-hybridized carbons (Fsp3) is 0.278. The maximum Gasteiger partial charge on any atom is 0.231 e. The Bertz CT molecular complexity index is 802. The molecule has 2 aromatic rings. The van der Waals surface area contributed by atoms with Gasteiger partial charge in [0.25, 0.3) is 0 Å². The van der Waals surface area contributed by atoms with Crippen LogP contribution >= 0.6 is 0 Å². The van der Waals surface area contributed by atoms with E-state index in [-0.39, 0.29) is 12.9 Å². The molecule has 2 heterocycles. The predicted molar refractivity (Wildman–Crippen MR) is 87.3 cm³/mol. The molecule has 1 unspecified atom stereocenters. The van der Waals surface area contributed by atoms with Gasteiger partial charge in [-0.1, -0.05) is 6.07 Å². The molecular formula is C18H17NO5. The van der Waals surface area contributed by atoms with Crippen LogP contribution in [0.15, 0.2) is 41.4 Å². The van der Waals surface area contributed by atoms with Gasteiger partial charge in [-0.3, -0.25) is 0 Å². The Morgan fingerprint density at radius 3 is 2.62 bits per heavy atom. The summed E-state index contributed by atoms with van der Waals surface area (Å²) < 4.78 is 27.4. The van der Waals surface area contributed by atoms with E-state index in [1.165, 1.54) is 0 Å². The topological polar surface area (TPSA) is 58.5 Å². The predicted octanol–water partition coefficient (Wildman–Crippen LogP) is 2.95. The maximum atomic E-state index is 6.02. The molecule has 0 saturated heterocycles. The van der Waals surface area contributed by atoms with E-state index >= 15 is 0 Å². The van der Waals surface area contributed by atoms with Gasteiger partial charge in [0, 0.05) is 5.56 Å². The minimum absolute atomic E-state index is 0.136. The lowest BCUT2D eigenvalue weighted by molar-refractivity contribution is 0.173. The lowest BCUT2D eigenvalue weighted by Gasteiger charge is -2.13. The van der Waals surface area contributed by atoms with E-state index in [4.69, 9.17) is 23.7 Å². The third-order valence-corrected chi connectivity index (χ3v) is 4.05. The fourth-order valence-electron chi connectivity index (χ4n) is 2.79. The van der Waals surface area contributed by atoms with E-state index in [2.05, 4.69) is 4.99 Å². The first-order valence-corrected chi connectivity index (χ1v) is 7.61. The van der Waals surface area contributed by atoms with Crippen molar-refractivity contribution < 1.29 is 23.7 Å². The zero-order valence-corrected chi connectivity index (χ0v) is 13.4. The first-order chi connectivity index (χ1) is 11.8. The van der Waals surface area contributed by atoms with Crippen molar-refractivity contribution in [1.82, 2.24) is 0 Å². The van der Waals surface area contributed by atoms with Crippen molar-refractivity contribution >= 4 is 5.90 Å². The normalized spacial score (nSPS) is 18.1. The highest BCUT2D eigenvalue weighted by molar-refractivity contribution is 5.95. The summed E-state index contributed by atoms with van der Waals surface area (Å²) in [6.07, 6.45) is -0.136. The second-order valence-corrected chi connectivity index (χ2v) is 5.43. The van der Waals surface area contributed by atoms with Crippen molar-refractivity contribution in [2.45, 2.75) is 6.10 Å². The maximum absolute atomic E-state index is 6.02. The van der Waals surface area contributed by atoms with E-state index in [0.717, 1.165) is 22.6 Å². The van der Waals surface area contributed by atoms with Crippen LogP contribution in [0.1, 0.15) is 17.2 Å². The van der Waals surface area contributed by atoms with E-state index in [0.29, 0.717) is 23.9 Å². The monoisotopic (exact) mass is 327 g/mol. The molecule has 0 bridgehead atoms. The van der Waals surface area contributed by atoms with Crippen LogP contribution in [-0.2, 0) is 4.74 Å². The van der Waals surface area contributed by atoms with E-state index < -0.39 is 0 Å². The molecule has 6 nitrogen and oxygen atoms in total. The zero-order valence-electron chi connectivity index (χ0n) is 13.4. The van der Waals surface area contributed by atoms with Crippen LogP contribution in [-0.4, -0.2) is 33.5 Å². The van der Waals surface area contributed by atoms with Crippen molar-refractivity contribution in [3.05, 3.63) is 47.5 Å². The van der Waals surface area contributed by atoms with E-state index in [1.54, 1.807) is 14.2 Å². The first kappa shape index (κ1) is 14.7. The molecule has 0 amide bonds. The highest BCUT2D eigenvalue weighted by Gasteiger charge is 2.25. The molecule has 4 rings (SSSR count). The molecule has 0 spiro atoms. The molecule has 0 aromatic heterocycles. The zero-order chi connectivity index (χ0) is 16.5. The van der Waals surface area contributed by atoms with Crippen molar-refractivity contribution in [3.63, 3.8) is 0 Å². The molecule has 6 heteroatoms. The van der Waals surface area contributed by atoms with Crippen molar-refractivity contribution in [1.29, 1.82) is 0 Å². The van der Waals surface area contributed by atoms with Gasteiger partial charge in [0.2, 0.25) is 12.7 Å². The molecule has 0 aliphatic carbocycles. The van der Waals surface area contributed by atoms with Crippen LogP contribution in [0.25, 0.3) is 0 Å². The van der Waals surface area contributed by atoms with Crippen LogP contribution in [0.3, 0.4) is 0 Å². The molecule has 2 aliphatic rings. The smallest absolute Gasteiger partial charge is 0.231 e. The quantitative estimate of drug-likeness (QED) is 0.864. The molecule has 0 N–H and O–H groups in total. The van der Waals surface area contributed by atoms with Gasteiger partial charge in [-0.15, -0.1) is 0 Å². The average Bonchev–Trinajstić information content (AvgIpc) is 3.29. The molecular weight excluding hydrogens is 310 g/mol. The van der Waals surface area contributed by atoms with Crippen molar-refractivity contribution in [3.8, 4) is 23.0 Å². The van der Waals surface area contributed by atoms with Crippen LogP contribution < -0.4 is 18.9 Å². The summed E-state index contributed by atoms with van der Waals surface area (Å²) >= 11 is 0. The van der Waals surface area contributed by atoms with Gasteiger partial charge in [0.05, 0.1) is 20.8 Å². The van der Waals surface area contributed by atoms with Crippen LogP contribution in [0, 0.1) is 0 Å². The average molecular weight is 327 g/mol. The molecule has 24 heavy (non-hydrogen) atoms. The third kappa shape index (κ3) is 2.50.